The van der Waals surface area contributed by atoms with E-state index in [0.29, 0.717) is 17.7 Å². The molecule has 4 heteroatoms. The van der Waals surface area contributed by atoms with Gasteiger partial charge in [-0.15, -0.1) is 0 Å². The van der Waals surface area contributed by atoms with Crippen molar-refractivity contribution in [1.82, 2.24) is 5.32 Å². The first-order valence-corrected chi connectivity index (χ1v) is 11.0. The van der Waals surface area contributed by atoms with Crippen LogP contribution in [0.15, 0.2) is 24.3 Å². The van der Waals surface area contributed by atoms with Crippen molar-refractivity contribution in [2.75, 3.05) is 6.54 Å². The zero-order chi connectivity index (χ0) is 20.2. The Labute approximate surface area is 168 Å². The number of Topliss-reactive ketones (excluding diaryl/α,β-unsaturated/α-hetero) is 2. The van der Waals surface area contributed by atoms with Gasteiger partial charge in [-0.1, -0.05) is 76.6 Å². The van der Waals surface area contributed by atoms with Crippen LogP contribution < -0.4 is 5.32 Å². The van der Waals surface area contributed by atoms with Crippen molar-refractivity contribution < 1.29 is 14.4 Å². The molecule has 2 aliphatic carbocycles. The molecule has 3 aliphatic rings. The van der Waals surface area contributed by atoms with Crippen LogP contribution in [0, 0.1) is 10.8 Å². The van der Waals surface area contributed by atoms with Gasteiger partial charge in [-0.05, 0) is 31.1 Å². The predicted octanol–water partition coefficient (Wildman–Crippen LogP) is 5.11. The molecule has 4 nitrogen and oxygen atoms in total. The van der Waals surface area contributed by atoms with E-state index >= 15 is 0 Å². The summed E-state index contributed by atoms with van der Waals surface area (Å²) in [5.41, 5.74) is -1.23. The number of benzene rings is 1. The van der Waals surface area contributed by atoms with E-state index in [-0.39, 0.29) is 17.5 Å². The maximum atomic E-state index is 13.8. The normalized spacial score (nSPS) is 20.1. The fourth-order valence-corrected chi connectivity index (χ4v) is 5.36. The zero-order valence-electron chi connectivity index (χ0n) is 17.3. The fourth-order valence-electron chi connectivity index (χ4n) is 5.36. The van der Waals surface area contributed by atoms with Crippen molar-refractivity contribution in [3.63, 3.8) is 0 Å². The number of fused-ring (bicyclic) bond motifs is 2. The first-order valence-electron chi connectivity index (χ1n) is 11.0. The number of hydrogen-bond acceptors (Lipinski definition) is 3. The second kappa shape index (κ2) is 8.59. The lowest BCUT2D eigenvalue weighted by atomic mass is 9.52. The van der Waals surface area contributed by atoms with E-state index in [4.69, 9.17) is 0 Å². The van der Waals surface area contributed by atoms with Gasteiger partial charge in [-0.25, -0.2) is 0 Å². The minimum atomic E-state index is -1.61. The molecule has 1 fully saturated rings. The van der Waals surface area contributed by atoms with Crippen LogP contribution in [0.2, 0.25) is 0 Å². The van der Waals surface area contributed by atoms with Gasteiger partial charge in [-0.3, -0.25) is 14.4 Å². The zero-order valence-corrected chi connectivity index (χ0v) is 17.3. The van der Waals surface area contributed by atoms with E-state index < -0.39 is 10.8 Å². The summed E-state index contributed by atoms with van der Waals surface area (Å²) < 4.78 is 0. The van der Waals surface area contributed by atoms with E-state index in [9.17, 15) is 14.4 Å². The maximum absolute atomic E-state index is 13.8. The number of amides is 1. The van der Waals surface area contributed by atoms with Crippen molar-refractivity contribution in [2.45, 2.75) is 78.1 Å². The molecule has 0 aromatic heterocycles. The molecule has 28 heavy (non-hydrogen) atoms. The number of rotatable bonds is 8. The molecule has 1 N–H and O–H groups in total. The highest BCUT2D eigenvalue weighted by molar-refractivity contribution is 6.34. The van der Waals surface area contributed by atoms with Crippen LogP contribution in [0.1, 0.15) is 98.8 Å². The first-order chi connectivity index (χ1) is 13.5. The number of ketones is 2. The highest BCUT2D eigenvalue weighted by Crippen LogP contribution is 2.56. The molecule has 1 saturated heterocycles. The molecule has 1 spiro atoms. The molecular weight excluding hydrogens is 350 g/mol. The summed E-state index contributed by atoms with van der Waals surface area (Å²) in [5.74, 6) is -0.940. The molecule has 2 bridgehead atoms. The van der Waals surface area contributed by atoms with Crippen LogP contribution in [-0.2, 0) is 4.79 Å². The van der Waals surface area contributed by atoms with Gasteiger partial charge in [0.2, 0.25) is 5.91 Å². The average Bonchev–Trinajstić information content (AvgIpc) is 2.96. The van der Waals surface area contributed by atoms with Gasteiger partial charge in [0.15, 0.2) is 17.0 Å². The largest absolute Gasteiger partial charge is 0.355 e. The molecule has 1 aromatic carbocycles. The van der Waals surface area contributed by atoms with Gasteiger partial charge in [0.1, 0.15) is 0 Å². The fraction of sp³-hybridized carbons (Fsp3) is 0.625. The molecule has 1 amide bonds. The number of carbonyl (C=O) groups excluding carboxylic acids is 3. The monoisotopic (exact) mass is 383 g/mol. The lowest BCUT2D eigenvalue weighted by Gasteiger charge is -2.46. The quantitative estimate of drug-likeness (QED) is 0.501. The van der Waals surface area contributed by atoms with Crippen molar-refractivity contribution >= 4 is 17.5 Å². The van der Waals surface area contributed by atoms with Gasteiger partial charge < -0.3 is 5.32 Å². The summed E-state index contributed by atoms with van der Waals surface area (Å²) in [6, 6.07) is 6.85. The van der Waals surface area contributed by atoms with Gasteiger partial charge in [0, 0.05) is 17.7 Å². The van der Waals surface area contributed by atoms with Gasteiger partial charge in [-0.2, -0.15) is 0 Å². The molecular formula is C24H33NO3. The Bertz CT molecular complexity index is 690. The molecule has 1 heterocycles. The predicted molar refractivity (Wildman–Crippen MR) is 110 cm³/mol. The van der Waals surface area contributed by atoms with Crippen LogP contribution in [-0.4, -0.2) is 24.0 Å². The van der Waals surface area contributed by atoms with E-state index in [1.807, 2.05) is 0 Å². The minimum Gasteiger partial charge on any atom is -0.355 e. The SMILES string of the molecule is CCCCCC1(CCCCC)CCCNC(=O)C12C(=O)c1ccc(cc1)C2=O. The summed E-state index contributed by atoms with van der Waals surface area (Å²) in [6.07, 6.45) is 9.24. The van der Waals surface area contributed by atoms with E-state index in [0.717, 1.165) is 64.2 Å². The number of hydrogen-bond donors (Lipinski definition) is 1. The summed E-state index contributed by atoms with van der Waals surface area (Å²) in [6.45, 7) is 4.85. The average molecular weight is 384 g/mol. The van der Waals surface area contributed by atoms with Crippen LogP contribution in [0.4, 0.5) is 0 Å². The Hall–Kier alpha value is -1.97. The molecule has 0 atom stereocenters. The van der Waals surface area contributed by atoms with Crippen molar-refractivity contribution in [2.24, 2.45) is 10.8 Å². The molecule has 1 aromatic rings. The van der Waals surface area contributed by atoms with Crippen LogP contribution in [0.5, 0.6) is 0 Å². The second-order valence-corrected chi connectivity index (χ2v) is 8.54. The van der Waals surface area contributed by atoms with E-state index in [1.54, 1.807) is 24.3 Å². The maximum Gasteiger partial charge on any atom is 0.242 e. The molecule has 152 valence electrons. The number of unbranched alkanes of at least 4 members (excludes halogenated alkanes) is 4. The van der Waals surface area contributed by atoms with E-state index in [1.165, 1.54) is 0 Å². The Morgan fingerprint density at radius 2 is 1.32 bits per heavy atom. The lowest BCUT2D eigenvalue weighted by Crippen LogP contribution is -2.60. The molecule has 0 saturated carbocycles. The highest BCUT2D eigenvalue weighted by atomic mass is 16.2. The molecule has 1 aliphatic heterocycles. The topological polar surface area (TPSA) is 63.2 Å². The number of nitrogens with one attached hydrogen (secondary N) is 1. The summed E-state index contributed by atoms with van der Waals surface area (Å²) in [5, 5.41) is 2.94. The third-order valence-electron chi connectivity index (χ3n) is 6.86. The smallest absolute Gasteiger partial charge is 0.242 e. The van der Waals surface area contributed by atoms with Gasteiger partial charge >= 0.3 is 0 Å². The first kappa shape index (κ1) is 20.8. The Kier molecular flexibility index (Phi) is 6.36. The summed E-state index contributed by atoms with van der Waals surface area (Å²) >= 11 is 0. The molecule has 0 radical (unpaired) electrons. The summed E-state index contributed by atoms with van der Waals surface area (Å²) in [7, 11) is 0. The minimum absolute atomic E-state index is 0.287. The van der Waals surface area contributed by atoms with Crippen LogP contribution >= 0.6 is 0 Å². The van der Waals surface area contributed by atoms with Gasteiger partial charge in [0.05, 0.1) is 0 Å². The molecule has 0 unspecified atom stereocenters. The second-order valence-electron chi connectivity index (χ2n) is 8.54. The Morgan fingerprint density at radius 1 is 0.821 bits per heavy atom. The standard InChI is InChI=1S/C24H33NO3/c1-3-5-7-14-23(15-8-6-4-2)16-9-17-25-22(28)24(23)20(26)18-10-11-19(13-12-18)21(24)27/h10-13H,3-9,14-17H2,1-2H3,(H,25,28). The Balaban J connectivity index is 2.17. The lowest BCUT2D eigenvalue weighted by molar-refractivity contribution is -0.131. The number of carbonyl (C=O) groups is 3. The van der Waals surface area contributed by atoms with Crippen molar-refractivity contribution in [3.8, 4) is 0 Å². The third kappa shape index (κ3) is 3.21. The third-order valence-corrected chi connectivity index (χ3v) is 6.86. The Morgan fingerprint density at radius 3 is 1.79 bits per heavy atom. The van der Waals surface area contributed by atoms with Gasteiger partial charge in [0.25, 0.3) is 0 Å². The van der Waals surface area contributed by atoms with Crippen molar-refractivity contribution in [3.05, 3.63) is 35.4 Å². The highest BCUT2D eigenvalue weighted by Gasteiger charge is 2.66. The van der Waals surface area contributed by atoms with Crippen LogP contribution in [0.3, 0.4) is 0 Å². The summed E-state index contributed by atoms with van der Waals surface area (Å²) in [4.78, 5) is 41.1. The van der Waals surface area contributed by atoms with Crippen molar-refractivity contribution in [1.29, 1.82) is 0 Å². The van der Waals surface area contributed by atoms with Crippen LogP contribution in [0.25, 0.3) is 0 Å². The van der Waals surface area contributed by atoms with E-state index in [2.05, 4.69) is 19.2 Å². The molecule has 4 rings (SSSR count).